The molecule has 0 aliphatic heterocycles. The summed E-state index contributed by atoms with van der Waals surface area (Å²) in [5.74, 6) is 0.408. The van der Waals surface area contributed by atoms with Crippen LogP contribution in [0.5, 0.6) is 5.75 Å². The van der Waals surface area contributed by atoms with Crippen molar-refractivity contribution in [2.24, 2.45) is 0 Å². The fourth-order valence-electron chi connectivity index (χ4n) is 3.19. The van der Waals surface area contributed by atoms with E-state index in [0.29, 0.717) is 11.4 Å². The van der Waals surface area contributed by atoms with Gasteiger partial charge < -0.3 is 9.84 Å². The Morgan fingerprint density at radius 2 is 1.76 bits per heavy atom. The molecule has 1 aromatic heterocycles. The average molecular weight is 416 g/mol. The molecular weight excluding hydrogens is 390 g/mol. The molecule has 29 heavy (non-hydrogen) atoms. The molecule has 0 saturated carbocycles. The van der Waals surface area contributed by atoms with E-state index >= 15 is 0 Å². The number of ether oxygens (including phenoxy) is 1. The normalized spacial score (nSPS) is 12.6. The van der Waals surface area contributed by atoms with E-state index in [-0.39, 0.29) is 18.0 Å². The Kier molecular flexibility index (Phi) is 6.24. The highest BCUT2D eigenvalue weighted by Crippen LogP contribution is 2.32. The van der Waals surface area contributed by atoms with Gasteiger partial charge >= 0.3 is 0 Å². The van der Waals surface area contributed by atoms with E-state index in [4.69, 9.17) is 4.74 Å². The molecule has 1 heterocycles. The highest BCUT2D eigenvalue weighted by Gasteiger charge is 2.29. The molecule has 0 aliphatic carbocycles. The number of nitrogens with zero attached hydrogens (tertiary/aromatic N) is 3. The third-order valence-electron chi connectivity index (χ3n) is 4.55. The molecule has 1 N–H and O–H groups in total. The monoisotopic (exact) mass is 415 g/mol. The summed E-state index contributed by atoms with van der Waals surface area (Å²) in [6, 6.07) is 16.9. The number of rotatable bonds is 8. The quantitative estimate of drug-likeness (QED) is 0.612. The van der Waals surface area contributed by atoms with E-state index in [1.165, 1.54) is 23.5 Å². The number of sulfonamides is 1. The minimum Gasteiger partial charge on any atom is -0.495 e. The van der Waals surface area contributed by atoms with Crippen LogP contribution in [-0.4, -0.2) is 43.1 Å². The lowest BCUT2D eigenvalue weighted by Crippen LogP contribution is -2.39. The van der Waals surface area contributed by atoms with Crippen molar-refractivity contribution in [2.75, 3.05) is 18.0 Å². The SMILES string of the molecule is COc1ccccc1N(C[C@@H](O)Cn1nc(C)cc1C)S(=O)(=O)c1ccccc1. The number of aryl methyl sites for hydroxylation is 2. The van der Waals surface area contributed by atoms with Crippen molar-refractivity contribution in [1.82, 2.24) is 9.78 Å². The van der Waals surface area contributed by atoms with Gasteiger partial charge in [-0.25, -0.2) is 8.42 Å². The summed E-state index contributed by atoms with van der Waals surface area (Å²) in [4.78, 5) is 0.143. The number of hydrogen-bond donors (Lipinski definition) is 1. The first-order valence-corrected chi connectivity index (χ1v) is 10.7. The molecule has 8 heteroatoms. The zero-order valence-corrected chi connectivity index (χ0v) is 17.5. The highest BCUT2D eigenvalue weighted by atomic mass is 32.2. The first-order chi connectivity index (χ1) is 13.8. The zero-order chi connectivity index (χ0) is 21.0. The maximum atomic E-state index is 13.4. The summed E-state index contributed by atoms with van der Waals surface area (Å²) < 4.78 is 35.0. The van der Waals surface area contributed by atoms with Gasteiger partial charge in [-0.05, 0) is 44.2 Å². The molecule has 0 spiro atoms. The standard InChI is InChI=1S/C21H25N3O4S/c1-16-13-17(2)23(22-16)14-18(25)15-24(20-11-7-8-12-21(20)28-3)29(26,27)19-9-5-4-6-10-19/h4-13,18,25H,14-15H2,1-3H3/t18-/m0/s1. The Morgan fingerprint density at radius 1 is 1.10 bits per heavy atom. The van der Waals surface area contributed by atoms with Crippen LogP contribution in [0.15, 0.2) is 65.6 Å². The number of aliphatic hydroxyl groups excluding tert-OH is 1. The van der Waals surface area contributed by atoms with Gasteiger partial charge in [0.05, 0.1) is 42.6 Å². The van der Waals surface area contributed by atoms with Crippen molar-refractivity contribution in [3.63, 3.8) is 0 Å². The van der Waals surface area contributed by atoms with Crippen LogP contribution in [0.25, 0.3) is 0 Å². The number of hydrogen-bond acceptors (Lipinski definition) is 5. The van der Waals surface area contributed by atoms with Crippen LogP contribution in [-0.2, 0) is 16.6 Å². The smallest absolute Gasteiger partial charge is 0.264 e. The average Bonchev–Trinajstić information content (AvgIpc) is 3.03. The van der Waals surface area contributed by atoms with E-state index in [2.05, 4.69) is 5.10 Å². The van der Waals surface area contributed by atoms with Crippen molar-refractivity contribution >= 4 is 15.7 Å². The van der Waals surface area contributed by atoms with Gasteiger partial charge in [0.1, 0.15) is 5.75 Å². The first kappa shape index (κ1) is 20.9. The molecular formula is C21H25N3O4S. The summed E-state index contributed by atoms with van der Waals surface area (Å²) in [6.45, 7) is 3.80. The van der Waals surface area contributed by atoms with Crippen LogP contribution >= 0.6 is 0 Å². The molecule has 7 nitrogen and oxygen atoms in total. The van der Waals surface area contributed by atoms with Crippen molar-refractivity contribution < 1.29 is 18.3 Å². The topological polar surface area (TPSA) is 84.7 Å². The highest BCUT2D eigenvalue weighted by molar-refractivity contribution is 7.92. The van der Waals surface area contributed by atoms with Crippen molar-refractivity contribution in [3.8, 4) is 5.75 Å². The van der Waals surface area contributed by atoms with Crippen LogP contribution < -0.4 is 9.04 Å². The van der Waals surface area contributed by atoms with Gasteiger partial charge in [-0.1, -0.05) is 30.3 Å². The third-order valence-corrected chi connectivity index (χ3v) is 6.34. The molecule has 1 atom stereocenters. The Bertz CT molecular complexity index is 1060. The minimum absolute atomic E-state index is 0.143. The second-order valence-corrected chi connectivity index (χ2v) is 8.65. The fraction of sp³-hybridized carbons (Fsp3) is 0.286. The Labute approximate surface area is 171 Å². The number of benzene rings is 2. The molecule has 3 rings (SSSR count). The third kappa shape index (κ3) is 4.60. The van der Waals surface area contributed by atoms with Gasteiger partial charge in [0.25, 0.3) is 10.0 Å². The predicted octanol–water partition coefficient (Wildman–Crippen LogP) is 2.76. The lowest BCUT2D eigenvalue weighted by Gasteiger charge is -2.28. The van der Waals surface area contributed by atoms with Crippen molar-refractivity contribution in [1.29, 1.82) is 0 Å². The number of methoxy groups -OCH3 is 1. The first-order valence-electron chi connectivity index (χ1n) is 9.23. The largest absolute Gasteiger partial charge is 0.495 e. The summed E-state index contributed by atoms with van der Waals surface area (Å²) in [7, 11) is -2.43. The molecule has 0 aliphatic rings. The van der Waals surface area contributed by atoms with E-state index in [1.54, 1.807) is 47.1 Å². The maximum absolute atomic E-state index is 13.4. The molecule has 0 unspecified atom stereocenters. The molecule has 0 amide bonds. The van der Waals surface area contributed by atoms with Crippen LogP contribution in [0.2, 0.25) is 0 Å². The summed E-state index contributed by atoms with van der Waals surface area (Å²) in [5, 5.41) is 15.1. The lowest BCUT2D eigenvalue weighted by atomic mass is 10.2. The number of para-hydroxylation sites is 2. The number of anilines is 1. The Balaban J connectivity index is 1.98. The fourth-order valence-corrected chi connectivity index (χ4v) is 4.72. The van der Waals surface area contributed by atoms with Gasteiger partial charge in [0, 0.05) is 5.69 Å². The molecule has 3 aromatic rings. The predicted molar refractivity (Wildman–Crippen MR) is 112 cm³/mol. The molecule has 0 radical (unpaired) electrons. The van der Waals surface area contributed by atoms with Crippen LogP contribution in [0.4, 0.5) is 5.69 Å². The zero-order valence-electron chi connectivity index (χ0n) is 16.7. The van der Waals surface area contributed by atoms with E-state index in [1.807, 2.05) is 19.9 Å². The van der Waals surface area contributed by atoms with Crippen molar-refractivity contribution in [2.45, 2.75) is 31.4 Å². The van der Waals surface area contributed by atoms with E-state index in [0.717, 1.165) is 11.4 Å². The molecule has 0 bridgehead atoms. The lowest BCUT2D eigenvalue weighted by molar-refractivity contribution is 0.157. The minimum atomic E-state index is -3.92. The van der Waals surface area contributed by atoms with Gasteiger partial charge in [-0.3, -0.25) is 8.99 Å². The Hall–Kier alpha value is -2.84. The van der Waals surface area contributed by atoms with Crippen LogP contribution in [0.3, 0.4) is 0 Å². The van der Waals surface area contributed by atoms with Gasteiger partial charge in [-0.15, -0.1) is 0 Å². The van der Waals surface area contributed by atoms with E-state index in [9.17, 15) is 13.5 Å². The van der Waals surface area contributed by atoms with Gasteiger partial charge in [0.15, 0.2) is 0 Å². The molecule has 0 saturated heterocycles. The van der Waals surface area contributed by atoms with E-state index < -0.39 is 16.1 Å². The van der Waals surface area contributed by atoms with Gasteiger partial charge in [0.2, 0.25) is 0 Å². The second-order valence-electron chi connectivity index (χ2n) is 6.78. The summed E-state index contributed by atoms with van der Waals surface area (Å²) in [6.07, 6.45) is -0.976. The summed E-state index contributed by atoms with van der Waals surface area (Å²) >= 11 is 0. The van der Waals surface area contributed by atoms with Crippen molar-refractivity contribution in [3.05, 3.63) is 72.1 Å². The molecule has 0 fully saturated rings. The number of aromatic nitrogens is 2. The molecule has 154 valence electrons. The van der Waals surface area contributed by atoms with Crippen LogP contribution in [0, 0.1) is 13.8 Å². The van der Waals surface area contributed by atoms with Gasteiger partial charge in [-0.2, -0.15) is 5.10 Å². The maximum Gasteiger partial charge on any atom is 0.264 e. The summed E-state index contributed by atoms with van der Waals surface area (Å²) in [5.41, 5.74) is 2.11. The molecule has 2 aromatic carbocycles. The van der Waals surface area contributed by atoms with Crippen LogP contribution in [0.1, 0.15) is 11.4 Å². The Morgan fingerprint density at radius 3 is 2.38 bits per heavy atom. The second kappa shape index (κ2) is 8.67. The number of aliphatic hydroxyl groups is 1.